The van der Waals surface area contributed by atoms with Crippen molar-refractivity contribution in [3.05, 3.63) is 48.5 Å². The molecule has 1 fully saturated rings. The Balaban J connectivity index is 1.40. The molecule has 2 aromatic carbocycles. The highest BCUT2D eigenvalue weighted by Crippen LogP contribution is 2.24. The Bertz CT molecular complexity index is 867. The van der Waals surface area contributed by atoms with Crippen LogP contribution in [0.1, 0.15) is 33.1 Å². The van der Waals surface area contributed by atoms with Gasteiger partial charge in [0.15, 0.2) is 0 Å². The molecule has 1 heterocycles. The van der Waals surface area contributed by atoms with Gasteiger partial charge in [0, 0.05) is 41.8 Å². The molecule has 31 heavy (non-hydrogen) atoms. The van der Waals surface area contributed by atoms with Crippen molar-refractivity contribution in [2.75, 3.05) is 35.7 Å². The zero-order chi connectivity index (χ0) is 22.1. The molecule has 0 spiro atoms. The molecule has 6 nitrogen and oxygen atoms in total. The first kappa shape index (κ1) is 23.0. The molecule has 3 rings (SSSR count). The summed E-state index contributed by atoms with van der Waals surface area (Å²) in [4.78, 5) is 28.0. The predicted molar refractivity (Wildman–Crippen MR) is 127 cm³/mol. The lowest BCUT2D eigenvalue weighted by Gasteiger charge is -2.19. The van der Waals surface area contributed by atoms with Crippen molar-refractivity contribution in [2.24, 2.45) is 0 Å². The number of hydrogen-bond acceptors (Lipinski definition) is 5. The number of anilines is 2. The van der Waals surface area contributed by atoms with E-state index in [1.165, 1.54) is 24.6 Å². The molecule has 0 bridgehead atoms. The second kappa shape index (κ2) is 11.6. The van der Waals surface area contributed by atoms with E-state index in [9.17, 15) is 9.59 Å². The maximum atomic E-state index is 12.4. The van der Waals surface area contributed by atoms with E-state index < -0.39 is 0 Å². The number of benzene rings is 2. The third kappa shape index (κ3) is 7.51. The van der Waals surface area contributed by atoms with Gasteiger partial charge in [-0.05, 0) is 69.2 Å². The average Bonchev–Trinajstić information content (AvgIpc) is 3.28. The topological polar surface area (TPSA) is 70.7 Å². The molecule has 0 radical (unpaired) electrons. The number of carbonyl (C=O) groups is 2. The van der Waals surface area contributed by atoms with Gasteiger partial charge in [0.25, 0.3) is 0 Å². The van der Waals surface area contributed by atoms with E-state index in [1.54, 1.807) is 0 Å². The minimum Gasteiger partial charge on any atom is -0.494 e. The zero-order valence-electron chi connectivity index (χ0n) is 18.2. The summed E-state index contributed by atoms with van der Waals surface area (Å²) in [5.41, 5.74) is 1.93. The third-order valence-electron chi connectivity index (χ3n) is 5.00. The molecule has 0 saturated carbocycles. The lowest BCUT2D eigenvalue weighted by Crippen LogP contribution is -2.36. The summed E-state index contributed by atoms with van der Waals surface area (Å²) >= 11 is 1.46. The van der Waals surface area contributed by atoms with E-state index in [2.05, 4.69) is 21.6 Å². The second-order valence-corrected chi connectivity index (χ2v) is 8.71. The highest BCUT2D eigenvalue weighted by Gasteiger charge is 2.15. The molecule has 7 heteroatoms. The first-order valence-corrected chi connectivity index (χ1v) is 11.8. The molecular weight excluding hydrogens is 410 g/mol. The summed E-state index contributed by atoms with van der Waals surface area (Å²) in [5, 5.41) is 5.85. The van der Waals surface area contributed by atoms with Crippen LogP contribution in [0.25, 0.3) is 0 Å². The number of ether oxygens (including phenoxy) is 1. The van der Waals surface area contributed by atoms with Crippen LogP contribution in [0.5, 0.6) is 5.75 Å². The normalized spacial score (nSPS) is 14.2. The first-order valence-electron chi connectivity index (χ1n) is 10.8. The number of rotatable bonds is 10. The van der Waals surface area contributed by atoms with Crippen molar-refractivity contribution in [2.45, 2.75) is 44.0 Å². The minimum atomic E-state index is -0.241. The maximum Gasteiger partial charge on any atom is 0.230 e. The van der Waals surface area contributed by atoms with Crippen molar-refractivity contribution in [1.82, 2.24) is 5.32 Å². The fourth-order valence-corrected chi connectivity index (χ4v) is 4.27. The Morgan fingerprint density at radius 3 is 2.55 bits per heavy atom. The van der Waals surface area contributed by atoms with E-state index in [4.69, 9.17) is 4.74 Å². The van der Waals surface area contributed by atoms with Crippen molar-refractivity contribution < 1.29 is 14.3 Å². The van der Waals surface area contributed by atoms with Crippen LogP contribution < -0.4 is 20.3 Å². The number of thioether (sulfide) groups is 1. The first-order chi connectivity index (χ1) is 15.0. The Morgan fingerprint density at radius 2 is 1.84 bits per heavy atom. The molecule has 2 aromatic rings. The summed E-state index contributed by atoms with van der Waals surface area (Å²) in [6.07, 6.45) is 2.66. The Kier molecular flexibility index (Phi) is 8.64. The molecule has 166 valence electrons. The second-order valence-electron chi connectivity index (χ2n) is 7.66. The number of carbonyl (C=O) groups excluding carboxylic acids is 2. The Labute approximate surface area is 188 Å². The molecule has 1 aliphatic heterocycles. The van der Waals surface area contributed by atoms with E-state index in [-0.39, 0.29) is 24.3 Å². The molecule has 0 aromatic heterocycles. The third-order valence-corrected chi connectivity index (χ3v) is 6.02. The van der Waals surface area contributed by atoms with Gasteiger partial charge >= 0.3 is 0 Å². The van der Waals surface area contributed by atoms with Crippen LogP contribution in [0.4, 0.5) is 11.4 Å². The predicted octanol–water partition coefficient (Wildman–Crippen LogP) is 4.31. The number of hydrogen-bond donors (Lipinski definition) is 2. The van der Waals surface area contributed by atoms with Crippen LogP contribution in [0.15, 0.2) is 53.4 Å². The summed E-state index contributed by atoms with van der Waals surface area (Å²) < 4.78 is 5.42. The van der Waals surface area contributed by atoms with Crippen LogP contribution >= 0.6 is 11.8 Å². The monoisotopic (exact) mass is 441 g/mol. The van der Waals surface area contributed by atoms with Crippen LogP contribution in [-0.2, 0) is 9.59 Å². The highest BCUT2D eigenvalue weighted by atomic mass is 32.2. The van der Waals surface area contributed by atoms with Gasteiger partial charge in [0.1, 0.15) is 5.75 Å². The molecule has 1 saturated heterocycles. The molecule has 0 aliphatic carbocycles. The molecule has 2 N–H and O–H groups in total. The maximum absolute atomic E-state index is 12.4. The van der Waals surface area contributed by atoms with Gasteiger partial charge in [-0.3, -0.25) is 9.59 Å². The molecule has 1 atom stereocenters. The van der Waals surface area contributed by atoms with E-state index in [0.29, 0.717) is 12.4 Å². The van der Waals surface area contributed by atoms with Gasteiger partial charge in [0.05, 0.1) is 12.4 Å². The molecule has 2 amide bonds. The van der Waals surface area contributed by atoms with E-state index in [1.807, 2.05) is 56.3 Å². The summed E-state index contributed by atoms with van der Waals surface area (Å²) in [7, 11) is 0. The van der Waals surface area contributed by atoms with Crippen molar-refractivity contribution in [3.63, 3.8) is 0 Å². The minimum absolute atomic E-state index is 0.0878. The van der Waals surface area contributed by atoms with E-state index >= 15 is 0 Å². The van der Waals surface area contributed by atoms with Gasteiger partial charge in [-0.25, -0.2) is 0 Å². The van der Waals surface area contributed by atoms with Crippen molar-refractivity contribution >= 4 is 35.0 Å². The molecular formula is C24H31N3O3S. The average molecular weight is 442 g/mol. The fraction of sp³-hybridized carbons (Fsp3) is 0.417. The van der Waals surface area contributed by atoms with Crippen LogP contribution in [0, 0.1) is 0 Å². The number of nitrogens with zero attached hydrogens (tertiary/aromatic N) is 1. The molecule has 1 unspecified atom stereocenters. The van der Waals surface area contributed by atoms with E-state index in [0.717, 1.165) is 35.1 Å². The van der Waals surface area contributed by atoms with Crippen molar-refractivity contribution in [3.8, 4) is 5.75 Å². The summed E-state index contributed by atoms with van der Waals surface area (Å²) in [6.45, 7) is 6.55. The Hall–Kier alpha value is -2.67. The standard InChI is InChI=1S/C24H31N3O3S/c1-3-30-21-9-11-22(12-10-21)31-17-24(29)25-18(2)15-23(28)26-19-7-6-8-20(16-19)27-13-4-5-14-27/h6-12,16,18H,3-5,13-15,17H2,1-2H3,(H,25,29)(H,26,28). The fourth-order valence-electron chi connectivity index (χ4n) is 3.56. The zero-order valence-corrected chi connectivity index (χ0v) is 19.0. The SMILES string of the molecule is CCOc1ccc(SCC(=O)NC(C)CC(=O)Nc2cccc(N3CCCC3)c2)cc1. The van der Waals surface area contributed by atoms with Crippen LogP contribution in [-0.4, -0.2) is 43.3 Å². The van der Waals surface area contributed by atoms with Crippen LogP contribution in [0.2, 0.25) is 0 Å². The number of amides is 2. The van der Waals surface area contributed by atoms with Crippen LogP contribution in [0.3, 0.4) is 0 Å². The number of nitrogens with one attached hydrogen (secondary N) is 2. The lowest BCUT2D eigenvalue weighted by molar-refractivity contribution is -0.120. The Morgan fingerprint density at radius 1 is 1.10 bits per heavy atom. The quantitative estimate of drug-likeness (QED) is 0.538. The largest absolute Gasteiger partial charge is 0.494 e. The van der Waals surface area contributed by atoms with Crippen molar-refractivity contribution in [1.29, 1.82) is 0 Å². The van der Waals surface area contributed by atoms with Gasteiger partial charge in [-0.15, -0.1) is 11.8 Å². The van der Waals surface area contributed by atoms with Gasteiger partial charge in [0.2, 0.25) is 11.8 Å². The highest BCUT2D eigenvalue weighted by molar-refractivity contribution is 8.00. The molecule has 1 aliphatic rings. The van der Waals surface area contributed by atoms with Gasteiger partial charge < -0.3 is 20.3 Å². The van der Waals surface area contributed by atoms with Gasteiger partial charge in [-0.2, -0.15) is 0 Å². The summed E-state index contributed by atoms with van der Waals surface area (Å²) in [5.74, 6) is 0.931. The lowest BCUT2D eigenvalue weighted by atomic mass is 10.2. The van der Waals surface area contributed by atoms with Gasteiger partial charge in [-0.1, -0.05) is 6.07 Å². The smallest absolute Gasteiger partial charge is 0.230 e. The summed E-state index contributed by atoms with van der Waals surface area (Å²) in [6, 6.07) is 15.4.